The Labute approximate surface area is 182 Å². The fourth-order valence-electron chi connectivity index (χ4n) is 3.77. The molecular weight excluding hydrogens is 438 g/mol. The van der Waals surface area contributed by atoms with Crippen molar-refractivity contribution >= 4 is 11.9 Å². The molecule has 11 atom stereocenters. The van der Waals surface area contributed by atoms with Crippen LogP contribution in [0.5, 0.6) is 0 Å². The number of hydrogen-bond donors (Lipinski definition) is 9. The van der Waals surface area contributed by atoms with Gasteiger partial charge in [-0.3, -0.25) is 4.79 Å². The van der Waals surface area contributed by atoms with E-state index in [1.54, 1.807) is 0 Å². The fraction of sp³-hybridized carbons (Fsp3) is 0.889. The van der Waals surface area contributed by atoms with E-state index in [2.05, 4.69) is 5.32 Å². The molecule has 14 heteroatoms. The molecule has 2 aliphatic heterocycles. The Morgan fingerprint density at radius 3 is 2.31 bits per heavy atom. The topological polar surface area (TPSA) is 236 Å². The van der Waals surface area contributed by atoms with Gasteiger partial charge in [-0.15, -0.1) is 0 Å². The van der Waals surface area contributed by atoms with Gasteiger partial charge in [-0.2, -0.15) is 0 Å². The normalized spacial score (nSPS) is 42.2. The molecule has 2 saturated heterocycles. The first-order valence-corrected chi connectivity index (χ1v) is 10.0. The van der Waals surface area contributed by atoms with Gasteiger partial charge in [-0.1, -0.05) is 0 Å². The third-order valence-corrected chi connectivity index (χ3v) is 5.62. The van der Waals surface area contributed by atoms with Crippen LogP contribution in [0.1, 0.15) is 20.3 Å². The zero-order valence-electron chi connectivity index (χ0n) is 17.5. The first-order valence-electron chi connectivity index (χ1n) is 10.0. The van der Waals surface area contributed by atoms with Gasteiger partial charge in [0, 0.05) is 13.3 Å². The number of carboxylic acid groups (broad SMARTS) is 1. The molecule has 10 unspecified atom stereocenters. The van der Waals surface area contributed by atoms with Crippen LogP contribution in [0.3, 0.4) is 0 Å². The van der Waals surface area contributed by atoms with E-state index >= 15 is 0 Å². The van der Waals surface area contributed by atoms with Gasteiger partial charge in [-0.05, 0) is 6.92 Å². The number of nitrogens with one attached hydrogen (secondary N) is 1. The second-order valence-electron chi connectivity index (χ2n) is 8.04. The molecule has 0 spiro atoms. The summed E-state index contributed by atoms with van der Waals surface area (Å²) in [6.07, 6.45) is -14.6. The molecule has 1 amide bonds. The summed E-state index contributed by atoms with van der Waals surface area (Å²) in [5, 5.41) is 81.7. The molecule has 0 aromatic carbocycles. The maximum atomic E-state index is 12.1. The summed E-state index contributed by atoms with van der Waals surface area (Å²) < 4.78 is 16.2. The minimum atomic E-state index is -2.61. The van der Waals surface area contributed by atoms with Crippen LogP contribution < -0.4 is 5.32 Å². The zero-order chi connectivity index (χ0) is 24.4. The van der Waals surface area contributed by atoms with E-state index in [0.717, 1.165) is 6.92 Å². The molecule has 0 aromatic rings. The smallest absolute Gasteiger partial charge is 0.364 e. The number of carboxylic acids is 1. The molecule has 0 aromatic heterocycles. The first-order chi connectivity index (χ1) is 14.8. The molecule has 0 radical (unpaired) electrons. The van der Waals surface area contributed by atoms with Crippen LogP contribution in [-0.4, -0.2) is 133 Å². The second-order valence-corrected chi connectivity index (χ2v) is 8.04. The number of aliphatic carboxylic acids is 1. The van der Waals surface area contributed by atoms with E-state index in [1.807, 2.05) is 0 Å². The van der Waals surface area contributed by atoms with Gasteiger partial charge in [0.05, 0.1) is 31.5 Å². The standard InChI is InChI=1S/C18H31NO13/c1-6-12(24)15(27)14(26)10(31-6)5-30-18(17(28)29)3-8(22)11(19-7(2)21)16(32-18)13(25)9(23)4-20/h6,8-16,20,22-27H,3-5H2,1-2H3,(H,19,21)(H,28,29)/t6?,8?,9?,10?,11?,12?,13-,14?,15?,16?,18?/m1/s1. The maximum absolute atomic E-state index is 12.1. The van der Waals surface area contributed by atoms with E-state index in [1.165, 1.54) is 6.92 Å². The van der Waals surface area contributed by atoms with Crippen LogP contribution in [0.15, 0.2) is 0 Å². The van der Waals surface area contributed by atoms with Crippen LogP contribution in [0.25, 0.3) is 0 Å². The van der Waals surface area contributed by atoms with Gasteiger partial charge in [0.15, 0.2) is 0 Å². The van der Waals surface area contributed by atoms with Gasteiger partial charge in [0.1, 0.15) is 42.7 Å². The van der Waals surface area contributed by atoms with E-state index in [0.29, 0.717) is 0 Å². The van der Waals surface area contributed by atoms with Crippen LogP contribution in [0.2, 0.25) is 0 Å². The van der Waals surface area contributed by atoms with Gasteiger partial charge in [0.25, 0.3) is 5.79 Å². The summed E-state index contributed by atoms with van der Waals surface area (Å²) >= 11 is 0. The highest BCUT2D eigenvalue weighted by Gasteiger charge is 2.56. The molecule has 2 heterocycles. The SMILES string of the molecule is CC(=O)NC1C(O)CC(OCC2OC(C)C(O)C(O)C2O)(C(=O)O)OC1[C@H](O)C(O)CO. The number of rotatable bonds is 8. The molecule has 0 aliphatic carbocycles. The predicted octanol–water partition coefficient (Wildman–Crippen LogP) is -4.98. The first kappa shape index (κ1) is 26.8. The Balaban J connectivity index is 2.27. The van der Waals surface area contributed by atoms with Gasteiger partial charge >= 0.3 is 5.97 Å². The van der Waals surface area contributed by atoms with Crippen LogP contribution in [0.4, 0.5) is 0 Å². The summed E-state index contributed by atoms with van der Waals surface area (Å²) in [7, 11) is 0. The summed E-state index contributed by atoms with van der Waals surface area (Å²) in [4.78, 5) is 23.6. The molecule has 14 nitrogen and oxygen atoms in total. The van der Waals surface area contributed by atoms with Crippen molar-refractivity contribution in [2.24, 2.45) is 0 Å². The monoisotopic (exact) mass is 469 g/mol. The van der Waals surface area contributed by atoms with Crippen LogP contribution >= 0.6 is 0 Å². The molecule has 0 bridgehead atoms. The van der Waals surface area contributed by atoms with Gasteiger partial charge in [-0.25, -0.2) is 4.79 Å². The number of ether oxygens (including phenoxy) is 3. The number of hydrogen-bond acceptors (Lipinski definition) is 12. The van der Waals surface area contributed by atoms with Crippen molar-refractivity contribution in [1.29, 1.82) is 0 Å². The molecular formula is C18H31NO13. The molecule has 2 fully saturated rings. The van der Waals surface area contributed by atoms with Crippen molar-refractivity contribution in [3.8, 4) is 0 Å². The molecule has 2 rings (SSSR count). The van der Waals surface area contributed by atoms with Crippen molar-refractivity contribution in [2.75, 3.05) is 13.2 Å². The molecule has 9 N–H and O–H groups in total. The second kappa shape index (κ2) is 10.6. The number of aliphatic hydroxyl groups excluding tert-OH is 7. The lowest BCUT2D eigenvalue weighted by Gasteiger charge is -2.47. The Bertz CT molecular complexity index is 665. The molecule has 186 valence electrons. The van der Waals surface area contributed by atoms with Crippen molar-refractivity contribution in [3.63, 3.8) is 0 Å². The van der Waals surface area contributed by atoms with E-state index in [4.69, 9.17) is 19.3 Å². The van der Waals surface area contributed by atoms with E-state index in [-0.39, 0.29) is 0 Å². The molecule has 2 aliphatic rings. The van der Waals surface area contributed by atoms with Crippen molar-refractivity contribution < 1.29 is 64.7 Å². The Kier molecular flexibility index (Phi) is 8.91. The van der Waals surface area contributed by atoms with E-state index < -0.39 is 98.3 Å². The Hall–Kier alpha value is -1.46. The fourth-order valence-corrected chi connectivity index (χ4v) is 3.77. The van der Waals surface area contributed by atoms with Crippen LogP contribution in [-0.2, 0) is 23.8 Å². The number of carbonyl (C=O) groups is 2. The quantitative estimate of drug-likeness (QED) is 0.162. The lowest BCUT2D eigenvalue weighted by atomic mass is 9.88. The lowest BCUT2D eigenvalue weighted by molar-refractivity contribution is -0.324. The number of carbonyl (C=O) groups excluding carboxylic acids is 1. The van der Waals surface area contributed by atoms with Gasteiger partial charge in [0.2, 0.25) is 5.91 Å². The average Bonchev–Trinajstić information content (AvgIpc) is 2.73. The van der Waals surface area contributed by atoms with Crippen molar-refractivity contribution in [2.45, 2.75) is 87.0 Å². The highest BCUT2D eigenvalue weighted by molar-refractivity contribution is 5.76. The summed E-state index contributed by atoms with van der Waals surface area (Å²) in [6, 6.07) is -1.35. The maximum Gasteiger partial charge on any atom is 0.364 e. The lowest BCUT2D eigenvalue weighted by Crippen LogP contribution is -2.68. The predicted molar refractivity (Wildman–Crippen MR) is 101 cm³/mol. The summed E-state index contributed by atoms with van der Waals surface area (Å²) in [6.45, 7) is 0.938. The number of aliphatic hydroxyl groups is 7. The molecule has 0 saturated carbocycles. The minimum absolute atomic E-state index is 0.641. The van der Waals surface area contributed by atoms with Crippen LogP contribution in [0, 0.1) is 0 Å². The summed E-state index contributed by atoms with van der Waals surface area (Å²) in [5.41, 5.74) is 0. The van der Waals surface area contributed by atoms with Crippen molar-refractivity contribution in [1.82, 2.24) is 5.32 Å². The van der Waals surface area contributed by atoms with Gasteiger partial charge < -0.3 is 60.4 Å². The number of amides is 1. The third-order valence-electron chi connectivity index (χ3n) is 5.62. The Morgan fingerprint density at radius 2 is 1.78 bits per heavy atom. The highest BCUT2D eigenvalue weighted by atomic mass is 16.7. The highest BCUT2D eigenvalue weighted by Crippen LogP contribution is 2.34. The molecule has 32 heavy (non-hydrogen) atoms. The largest absolute Gasteiger partial charge is 0.477 e. The van der Waals surface area contributed by atoms with E-state index in [9.17, 15) is 45.3 Å². The zero-order valence-corrected chi connectivity index (χ0v) is 17.5. The Morgan fingerprint density at radius 1 is 1.16 bits per heavy atom. The van der Waals surface area contributed by atoms with Crippen molar-refractivity contribution in [3.05, 3.63) is 0 Å². The third kappa shape index (κ3) is 5.53. The minimum Gasteiger partial charge on any atom is -0.477 e. The average molecular weight is 469 g/mol. The summed E-state index contributed by atoms with van der Waals surface area (Å²) in [5.74, 6) is -4.98.